The molecule has 0 aromatic rings. The predicted molar refractivity (Wildman–Crippen MR) is 139 cm³/mol. The first-order chi connectivity index (χ1) is 16.5. The fourth-order valence-electron chi connectivity index (χ4n) is 4.53. The maximum absolute atomic E-state index is 13.2. The molecule has 0 radical (unpaired) electrons. The van der Waals surface area contributed by atoms with E-state index in [1.165, 1.54) is 6.92 Å². The second-order valence-electron chi connectivity index (χ2n) is 12.0. The number of nitrogens with one attached hydrogen (secondary N) is 1. The fourth-order valence-corrected chi connectivity index (χ4v) is 6.01. The Balaban J connectivity index is 1.90. The Labute approximate surface area is 216 Å². The van der Waals surface area contributed by atoms with Crippen LogP contribution in [0.15, 0.2) is 0 Å². The third kappa shape index (κ3) is 7.07. The number of carbonyl (C=O) groups excluding carboxylic acids is 4. The Kier molecular flexibility index (Phi) is 9.74. The van der Waals surface area contributed by atoms with Crippen LogP contribution in [-0.2, 0) is 23.6 Å². The summed E-state index contributed by atoms with van der Waals surface area (Å²) in [5.41, 5.74) is 5.25. The van der Waals surface area contributed by atoms with Gasteiger partial charge in [0.1, 0.15) is 6.04 Å². The van der Waals surface area contributed by atoms with Gasteiger partial charge in [-0.2, -0.15) is 0 Å². The molecule has 2 rings (SSSR count). The molecule has 0 bridgehead atoms. The average molecular weight is 527 g/mol. The molecule has 206 valence electrons. The molecular weight excluding hydrogens is 480 g/mol. The zero-order valence-corrected chi connectivity index (χ0v) is 24.2. The van der Waals surface area contributed by atoms with Gasteiger partial charge >= 0.3 is 0 Å². The van der Waals surface area contributed by atoms with E-state index in [-0.39, 0.29) is 41.3 Å². The molecule has 0 aromatic heterocycles. The monoisotopic (exact) mass is 526 g/mol. The first-order valence-electron chi connectivity index (χ1n) is 13.0. The highest BCUT2D eigenvalue weighted by Crippen LogP contribution is 2.38. The van der Waals surface area contributed by atoms with E-state index >= 15 is 0 Å². The molecule has 0 saturated carbocycles. The molecule has 0 aromatic carbocycles. The van der Waals surface area contributed by atoms with Crippen molar-refractivity contribution in [2.45, 2.75) is 90.8 Å². The highest BCUT2D eigenvalue weighted by molar-refractivity contribution is 6.74. The standard InChI is InChI=1S/C25H46N4O6Si/c1-15(17(3)35-36(7,8)25(4,5)6)23(33)28-12-10-19(14-28)24(34)29-11-9-18(13-29)22(32)27-20(16(2)30)21(26)31/h15-20,30H,9-14H2,1-8H3,(H2,26,31)(H,27,32)/t15-,16+,17+,18-,19-,20-/m0/s1. The van der Waals surface area contributed by atoms with Crippen molar-refractivity contribution < 1.29 is 28.7 Å². The normalized spacial score (nSPS) is 24.2. The van der Waals surface area contributed by atoms with Gasteiger partial charge in [-0.3, -0.25) is 19.2 Å². The van der Waals surface area contributed by atoms with Crippen molar-refractivity contribution in [3.8, 4) is 0 Å². The molecule has 0 aliphatic carbocycles. The minimum Gasteiger partial charge on any atom is -0.413 e. The van der Waals surface area contributed by atoms with Crippen molar-refractivity contribution >= 4 is 31.9 Å². The number of hydrogen-bond acceptors (Lipinski definition) is 6. The minimum atomic E-state index is -2.01. The summed E-state index contributed by atoms with van der Waals surface area (Å²) < 4.78 is 6.43. The second-order valence-corrected chi connectivity index (χ2v) is 16.8. The van der Waals surface area contributed by atoms with Crippen LogP contribution in [-0.4, -0.2) is 91.3 Å². The topological polar surface area (TPSA) is 142 Å². The number of likely N-dealkylation sites (tertiary alicyclic amines) is 2. The van der Waals surface area contributed by atoms with Crippen LogP contribution in [0.4, 0.5) is 0 Å². The second kappa shape index (κ2) is 11.6. The lowest BCUT2D eigenvalue weighted by atomic mass is 10.0. The molecule has 10 nitrogen and oxygen atoms in total. The number of primary amides is 1. The smallest absolute Gasteiger partial charge is 0.242 e. The summed E-state index contributed by atoms with van der Waals surface area (Å²) in [6.45, 7) is 17.7. The number of nitrogens with two attached hydrogens (primary N) is 1. The number of rotatable bonds is 9. The van der Waals surface area contributed by atoms with E-state index in [2.05, 4.69) is 39.2 Å². The van der Waals surface area contributed by atoms with E-state index in [4.69, 9.17) is 10.2 Å². The molecule has 2 heterocycles. The third-order valence-electron chi connectivity index (χ3n) is 8.19. The maximum atomic E-state index is 13.2. The Morgan fingerprint density at radius 3 is 2.06 bits per heavy atom. The number of aliphatic hydroxyl groups excluding tert-OH is 1. The van der Waals surface area contributed by atoms with Gasteiger partial charge in [-0.15, -0.1) is 0 Å². The molecule has 2 aliphatic heterocycles. The molecule has 4 amide bonds. The van der Waals surface area contributed by atoms with E-state index in [0.717, 1.165) is 0 Å². The minimum absolute atomic E-state index is 0.00537. The van der Waals surface area contributed by atoms with Gasteiger partial charge in [0, 0.05) is 26.2 Å². The van der Waals surface area contributed by atoms with Crippen LogP contribution in [0, 0.1) is 17.8 Å². The molecule has 36 heavy (non-hydrogen) atoms. The van der Waals surface area contributed by atoms with Crippen molar-refractivity contribution in [2.75, 3.05) is 26.2 Å². The summed E-state index contributed by atoms with van der Waals surface area (Å²) in [5.74, 6) is -2.33. The number of amides is 4. The lowest BCUT2D eigenvalue weighted by Gasteiger charge is -2.40. The Morgan fingerprint density at radius 2 is 1.53 bits per heavy atom. The Hall–Kier alpha value is -1.98. The average Bonchev–Trinajstić information content (AvgIpc) is 3.44. The summed E-state index contributed by atoms with van der Waals surface area (Å²) in [5, 5.41) is 12.2. The van der Waals surface area contributed by atoms with Gasteiger partial charge in [-0.1, -0.05) is 27.7 Å². The first-order valence-corrected chi connectivity index (χ1v) is 15.9. The van der Waals surface area contributed by atoms with E-state index in [0.29, 0.717) is 32.5 Å². The molecule has 0 spiro atoms. The van der Waals surface area contributed by atoms with Gasteiger partial charge in [0.25, 0.3) is 0 Å². The van der Waals surface area contributed by atoms with Gasteiger partial charge in [0.15, 0.2) is 8.32 Å². The molecule has 11 heteroatoms. The highest BCUT2D eigenvalue weighted by Gasteiger charge is 2.42. The number of carbonyl (C=O) groups is 4. The first kappa shape index (κ1) is 30.2. The summed E-state index contributed by atoms with van der Waals surface area (Å²) in [6.07, 6.45) is -0.257. The van der Waals surface area contributed by atoms with Crippen molar-refractivity contribution in [2.24, 2.45) is 23.5 Å². The quantitative estimate of drug-likeness (QED) is 0.384. The predicted octanol–water partition coefficient (Wildman–Crippen LogP) is 1.08. The summed E-state index contributed by atoms with van der Waals surface area (Å²) in [6, 6.07) is -1.17. The largest absolute Gasteiger partial charge is 0.413 e. The van der Waals surface area contributed by atoms with Crippen molar-refractivity contribution in [1.29, 1.82) is 0 Å². The number of nitrogens with zero attached hydrogens (tertiary/aromatic N) is 2. The lowest BCUT2D eigenvalue weighted by molar-refractivity contribution is -0.138. The fraction of sp³-hybridized carbons (Fsp3) is 0.840. The zero-order valence-electron chi connectivity index (χ0n) is 23.2. The lowest BCUT2D eigenvalue weighted by Crippen LogP contribution is -2.52. The van der Waals surface area contributed by atoms with Gasteiger partial charge in [-0.05, 0) is 44.8 Å². The van der Waals surface area contributed by atoms with Crippen LogP contribution in [0.5, 0.6) is 0 Å². The van der Waals surface area contributed by atoms with Gasteiger partial charge < -0.3 is 30.4 Å². The Bertz CT molecular complexity index is 843. The molecular formula is C25H46N4O6Si. The summed E-state index contributed by atoms with van der Waals surface area (Å²) >= 11 is 0. The third-order valence-corrected chi connectivity index (χ3v) is 12.8. The number of hydrogen-bond donors (Lipinski definition) is 3. The van der Waals surface area contributed by atoms with Crippen LogP contribution < -0.4 is 11.1 Å². The van der Waals surface area contributed by atoms with E-state index in [1.54, 1.807) is 9.80 Å². The molecule has 4 N–H and O–H groups in total. The highest BCUT2D eigenvalue weighted by atomic mass is 28.4. The van der Waals surface area contributed by atoms with Crippen LogP contribution in [0.3, 0.4) is 0 Å². The molecule has 6 atom stereocenters. The van der Waals surface area contributed by atoms with Crippen molar-refractivity contribution in [3.63, 3.8) is 0 Å². The van der Waals surface area contributed by atoms with E-state index in [9.17, 15) is 24.3 Å². The Morgan fingerprint density at radius 1 is 1.00 bits per heavy atom. The summed E-state index contributed by atoms with van der Waals surface area (Å²) in [7, 11) is -2.01. The maximum Gasteiger partial charge on any atom is 0.242 e. The van der Waals surface area contributed by atoms with Crippen LogP contribution in [0.25, 0.3) is 0 Å². The van der Waals surface area contributed by atoms with Crippen LogP contribution in [0.1, 0.15) is 54.4 Å². The van der Waals surface area contributed by atoms with E-state index in [1.807, 2.05) is 13.8 Å². The zero-order chi connectivity index (χ0) is 27.6. The van der Waals surface area contributed by atoms with Crippen LogP contribution in [0.2, 0.25) is 18.1 Å². The van der Waals surface area contributed by atoms with Crippen molar-refractivity contribution in [1.82, 2.24) is 15.1 Å². The molecule has 2 saturated heterocycles. The number of aliphatic hydroxyl groups is 1. The van der Waals surface area contributed by atoms with Crippen molar-refractivity contribution in [3.05, 3.63) is 0 Å². The molecule has 0 unspecified atom stereocenters. The SMILES string of the molecule is C[C@H](C(=O)N1CC[C@H](C(=O)N2CC[C@H](C(=O)N[C@H](C(N)=O)[C@@H](C)O)C2)C1)[C@@H](C)O[Si](C)(C)C(C)(C)C. The van der Waals surface area contributed by atoms with Gasteiger partial charge in [-0.25, -0.2) is 0 Å². The van der Waals surface area contributed by atoms with Crippen LogP contribution >= 0.6 is 0 Å². The summed E-state index contributed by atoms with van der Waals surface area (Å²) in [4.78, 5) is 53.8. The molecule has 2 fully saturated rings. The van der Waals surface area contributed by atoms with E-state index < -0.39 is 38.2 Å². The van der Waals surface area contributed by atoms with Gasteiger partial charge in [0.05, 0.1) is 30.0 Å². The van der Waals surface area contributed by atoms with Gasteiger partial charge in [0.2, 0.25) is 23.6 Å². The molecule has 2 aliphatic rings.